The Morgan fingerprint density at radius 2 is 1.81 bits per heavy atom. The molecule has 0 unspecified atom stereocenters. The van der Waals surface area contributed by atoms with E-state index in [4.69, 9.17) is 4.42 Å². The Morgan fingerprint density at radius 3 is 2.50 bits per heavy atom. The van der Waals surface area contributed by atoms with E-state index in [0.717, 1.165) is 0 Å². The maximum absolute atomic E-state index is 12.4. The first kappa shape index (κ1) is 18.0. The summed E-state index contributed by atoms with van der Waals surface area (Å²) in [5.41, 5.74) is 1.80. The fraction of sp³-hybridized carbons (Fsp3) is 0.105. The number of carbonyl (C=O) groups is 1. The van der Waals surface area contributed by atoms with Gasteiger partial charge in [0.1, 0.15) is 5.76 Å². The number of para-hydroxylation sites is 1. The van der Waals surface area contributed by atoms with Gasteiger partial charge in [0.15, 0.2) is 0 Å². The fourth-order valence-corrected chi connectivity index (χ4v) is 2.84. The molecular formula is C19H16F2N2O2S. The SMILES string of the molecule is O=C(NCc1ccco1)c1ccccc1Nc1ccc(SC(F)F)cc1. The molecule has 0 saturated carbocycles. The lowest BCUT2D eigenvalue weighted by atomic mass is 10.1. The lowest BCUT2D eigenvalue weighted by molar-refractivity contribution is 0.0949. The van der Waals surface area contributed by atoms with Crippen molar-refractivity contribution in [2.75, 3.05) is 5.32 Å². The molecule has 3 aromatic rings. The number of benzene rings is 2. The first-order valence-electron chi connectivity index (χ1n) is 7.83. The molecule has 1 amide bonds. The first-order chi connectivity index (χ1) is 12.6. The van der Waals surface area contributed by atoms with Gasteiger partial charge in [0, 0.05) is 10.6 Å². The predicted octanol–water partition coefficient (Wildman–Crippen LogP) is 5.27. The van der Waals surface area contributed by atoms with Crippen molar-refractivity contribution in [3.63, 3.8) is 0 Å². The Morgan fingerprint density at radius 1 is 1.04 bits per heavy atom. The summed E-state index contributed by atoms with van der Waals surface area (Å²) in [6.45, 7) is 0.291. The summed E-state index contributed by atoms with van der Waals surface area (Å²) in [7, 11) is 0. The van der Waals surface area contributed by atoms with Crippen molar-refractivity contribution in [2.45, 2.75) is 17.2 Å². The van der Waals surface area contributed by atoms with Gasteiger partial charge in [0.05, 0.1) is 24.1 Å². The van der Waals surface area contributed by atoms with E-state index in [1.54, 1.807) is 60.9 Å². The van der Waals surface area contributed by atoms with Gasteiger partial charge < -0.3 is 15.1 Å². The number of carbonyl (C=O) groups excluding carboxylic acids is 1. The largest absolute Gasteiger partial charge is 0.467 e. The van der Waals surface area contributed by atoms with Gasteiger partial charge in [0.2, 0.25) is 0 Å². The minimum Gasteiger partial charge on any atom is -0.467 e. The van der Waals surface area contributed by atoms with Crippen molar-refractivity contribution in [1.82, 2.24) is 5.32 Å². The second kappa shape index (κ2) is 8.53. The Kier molecular flexibility index (Phi) is 5.91. The number of amides is 1. The molecule has 0 fully saturated rings. The van der Waals surface area contributed by atoms with Gasteiger partial charge in [-0.2, -0.15) is 8.78 Å². The van der Waals surface area contributed by atoms with Crippen LogP contribution in [0.25, 0.3) is 0 Å². The van der Waals surface area contributed by atoms with Gasteiger partial charge in [-0.25, -0.2) is 0 Å². The maximum Gasteiger partial charge on any atom is 0.288 e. The van der Waals surface area contributed by atoms with E-state index in [-0.39, 0.29) is 5.91 Å². The third-order valence-corrected chi connectivity index (χ3v) is 4.26. The monoisotopic (exact) mass is 374 g/mol. The van der Waals surface area contributed by atoms with Crippen molar-refractivity contribution < 1.29 is 18.0 Å². The van der Waals surface area contributed by atoms with E-state index in [1.165, 1.54) is 0 Å². The number of thioether (sulfide) groups is 1. The average molecular weight is 374 g/mol. The Hall–Kier alpha value is -2.80. The molecule has 0 saturated heterocycles. The number of rotatable bonds is 7. The van der Waals surface area contributed by atoms with E-state index < -0.39 is 5.76 Å². The van der Waals surface area contributed by atoms with Crippen LogP contribution in [-0.4, -0.2) is 11.7 Å². The van der Waals surface area contributed by atoms with Crippen molar-refractivity contribution >= 4 is 29.0 Å². The molecule has 3 rings (SSSR count). The highest BCUT2D eigenvalue weighted by Crippen LogP contribution is 2.27. The minimum atomic E-state index is -2.45. The lowest BCUT2D eigenvalue weighted by Crippen LogP contribution is -2.23. The van der Waals surface area contributed by atoms with Crippen molar-refractivity contribution in [3.8, 4) is 0 Å². The van der Waals surface area contributed by atoms with Crippen LogP contribution in [0.3, 0.4) is 0 Å². The highest BCUT2D eigenvalue weighted by molar-refractivity contribution is 7.99. The lowest BCUT2D eigenvalue weighted by Gasteiger charge is -2.12. The molecule has 134 valence electrons. The van der Waals surface area contributed by atoms with Crippen molar-refractivity contribution in [1.29, 1.82) is 0 Å². The Labute approximate surface area is 153 Å². The van der Waals surface area contributed by atoms with Gasteiger partial charge in [0.25, 0.3) is 11.7 Å². The normalized spacial score (nSPS) is 10.7. The molecule has 2 N–H and O–H groups in total. The molecule has 0 bridgehead atoms. The number of alkyl halides is 2. The molecule has 0 atom stereocenters. The van der Waals surface area contributed by atoms with Crippen LogP contribution in [-0.2, 0) is 6.54 Å². The Bertz CT molecular complexity index is 852. The molecule has 0 aliphatic heterocycles. The van der Waals surface area contributed by atoms with Gasteiger partial charge in [-0.3, -0.25) is 4.79 Å². The summed E-state index contributed by atoms with van der Waals surface area (Å²) in [4.78, 5) is 12.9. The van der Waals surface area contributed by atoms with Gasteiger partial charge in [-0.15, -0.1) is 0 Å². The molecule has 0 radical (unpaired) electrons. The van der Waals surface area contributed by atoms with E-state index >= 15 is 0 Å². The van der Waals surface area contributed by atoms with Crippen LogP contribution in [0.2, 0.25) is 0 Å². The summed E-state index contributed by atoms with van der Waals surface area (Å²) in [6.07, 6.45) is 1.55. The second-order valence-electron chi connectivity index (χ2n) is 5.34. The smallest absolute Gasteiger partial charge is 0.288 e. The van der Waals surface area contributed by atoms with Crippen LogP contribution >= 0.6 is 11.8 Å². The molecule has 1 aromatic heterocycles. The van der Waals surface area contributed by atoms with Crippen LogP contribution < -0.4 is 10.6 Å². The summed E-state index contributed by atoms with van der Waals surface area (Å²) in [5.74, 6) is -2.03. The summed E-state index contributed by atoms with van der Waals surface area (Å²) in [5, 5.41) is 5.94. The quantitative estimate of drug-likeness (QED) is 0.553. The predicted molar refractivity (Wildman–Crippen MR) is 97.9 cm³/mol. The number of hydrogen-bond acceptors (Lipinski definition) is 4. The molecule has 26 heavy (non-hydrogen) atoms. The topological polar surface area (TPSA) is 54.3 Å². The minimum absolute atomic E-state index is 0.241. The van der Waals surface area contributed by atoms with Crippen LogP contribution in [0.1, 0.15) is 16.1 Å². The third kappa shape index (κ3) is 4.86. The summed E-state index contributed by atoms with van der Waals surface area (Å²) < 4.78 is 30.0. The van der Waals surface area contributed by atoms with Gasteiger partial charge in [-0.1, -0.05) is 23.9 Å². The highest BCUT2D eigenvalue weighted by Gasteiger charge is 2.12. The van der Waals surface area contributed by atoms with Gasteiger partial charge >= 0.3 is 0 Å². The van der Waals surface area contributed by atoms with E-state index in [2.05, 4.69) is 10.6 Å². The second-order valence-corrected chi connectivity index (χ2v) is 6.40. The first-order valence-corrected chi connectivity index (χ1v) is 8.71. The van der Waals surface area contributed by atoms with Crippen LogP contribution in [0, 0.1) is 0 Å². The number of hydrogen-bond donors (Lipinski definition) is 2. The number of nitrogens with one attached hydrogen (secondary N) is 2. The van der Waals surface area contributed by atoms with Crippen LogP contribution in [0.15, 0.2) is 76.2 Å². The molecule has 7 heteroatoms. The standard InChI is InChI=1S/C19H16F2N2O2S/c20-19(21)26-15-9-7-13(8-10-15)23-17-6-2-1-5-16(17)18(24)22-12-14-4-3-11-25-14/h1-11,19,23H,12H2,(H,22,24). The summed E-state index contributed by atoms with van der Waals surface area (Å²) >= 11 is 0.493. The molecule has 0 spiro atoms. The molecule has 0 aliphatic carbocycles. The average Bonchev–Trinajstić information content (AvgIpc) is 3.15. The fourth-order valence-electron chi connectivity index (χ4n) is 2.34. The molecular weight excluding hydrogens is 358 g/mol. The van der Waals surface area contributed by atoms with Gasteiger partial charge in [-0.05, 0) is 48.5 Å². The molecule has 1 heterocycles. The van der Waals surface area contributed by atoms with E-state index in [9.17, 15) is 13.6 Å². The zero-order valence-corrected chi connectivity index (χ0v) is 14.4. The van der Waals surface area contributed by atoms with Crippen LogP contribution in [0.4, 0.5) is 20.2 Å². The molecule has 2 aromatic carbocycles. The Balaban J connectivity index is 1.69. The van der Waals surface area contributed by atoms with E-state index in [1.807, 2.05) is 6.07 Å². The summed E-state index contributed by atoms with van der Waals surface area (Å²) in [6, 6.07) is 17.2. The van der Waals surface area contributed by atoms with Crippen molar-refractivity contribution in [2.24, 2.45) is 0 Å². The zero-order chi connectivity index (χ0) is 18.4. The molecule has 0 aliphatic rings. The zero-order valence-electron chi connectivity index (χ0n) is 13.6. The number of furan rings is 1. The molecule has 4 nitrogen and oxygen atoms in total. The maximum atomic E-state index is 12.4. The van der Waals surface area contributed by atoms with E-state index in [0.29, 0.717) is 45.9 Å². The van der Waals surface area contributed by atoms with Crippen LogP contribution in [0.5, 0.6) is 0 Å². The van der Waals surface area contributed by atoms with Crippen molar-refractivity contribution in [3.05, 3.63) is 78.3 Å². The third-order valence-electron chi connectivity index (χ3n) is 3.53. The number of halogens is 2. The highest BCUT2D eigenvalue weighted by atomic mass is 32.2. The number of anilines is 2.